The molecule has 1 atom stereocenters. The van der Waals surface area contributed by atoms with E-state index in [1.165, 1.54) is 27.7 Å². The van der Waals surface area contributed by atoms with E-state index < -0.39 is 93.9 Å². The molecule has 0 saturated carbocycles. The molecule has 230 valence electrons. The molecule has 0 fully saturated rings. The van der Waals surface area contributed by atoms with Crippen LogP contribution in [0.5, 0.6) is 0 Å². The topological polar surface area (TPSA) is 73.7 Å². The molecule has 1 aromatic carbocycles. The number of nitrogens with zero attached hydrogens (tertiary/aromatic N) is 3. The maximum absolute atomic E-state index is 13.9. The molecule has 0 aliphatic rings. The summed E-state index contributed by atoms with van der Waals surface area (Å²) in [7, 11) is 0. The number of carbonyl (C=O) groups excluding carboxylic acids is 1. The minimum absolute atomic E-state index is 0.0521. The molecule has 0 spiro atoms. The second kappa shape index (κ2) is 12.7. The third-order valence-corrected chi connectivity index (χ3v) is 5.86. The first-order chi connectivity index (χ1) is 18.7. The summed E-state index contributed by atoms with van der Waals surface area (Å²) in [6, 6.07) is -0.266. The Labute approximate surface area is 236 Å². The Hall–Kier alpha value is -2.72. The van der Waals surface area contributed by atoms with Gasteiger partial charge in [0.25, 0.3) is 5.56 Å². The zero-order chi connectivity index (χ0) is 31.7. The Morgan fingerprint density at radius 1 is 0.951 bits per heavy atom. The summed E-state index contributed by atoms with van der Waals surface area (Å²) in [6.07, 6.45) is -18.7. The van der Waals surface area contributed by atoms with Crippen LogP contribution in [0.25, 0.3) is 0 Å². The average Bonchev–Trinajstić information content (AvgIpc) is 2.81. The minimum Gasteiger partial charge on any atom is -0.463 e. The number of ether oxygens (including phenoxy) is 2. The van der Waals surface area contributed by atoms with E-state index in [2.05, 4.69) is 4.98 Å². The summed E-state index contributed by atoms with van der Waals surface area (Å²) in [5, 5.41) is -2.90. The number of hydrogen-bond acceptors (Lipinski definition) is 6. The lowest BCUT2D eigenvalue weighted by Gasteiger charge is -2.34. The molecule has 0 amide bonds. The van der Waals surface area contributed by atoms with Crippen molar-refractivity contribution in [2.24, 2.45) is 5.92 Å². The number of benzene rings is 1. The molecule has 0 N–H and O–H groups in total. The van der Waals surface area contributed by atoms with Crippen molar-refractivity contribution in [2.45, 2.75) is 59.0 Å². The van der Waals surface area contributed by atoms with Crippen molar-refractivity contribution in [1.29, 1.82) is 0 Å². The van der Waals surface area contributed by atoms with E-state index in [4.69, 9.17) is 32.7 Å². The molecule has 0 bridgehead atoms. The predicted octanol–water partition coefficient (Wildman–Crippen LogP) is 7.33. The van der Waals surface area contributed by atoms with Gasteiger partial charge in [0, 0.05) is 13.2 Å². The number of carbonyl (C=O) groups is 1. The van der Waals surface area contributed by atoms with Crippen LogP contribution in [-0.4, -0.2) is 35.0 Å². The van der Waals surface area contributed by atoms with Gasteiger partial charge >= 0.3 is 24.5 Å². The molecule has 18 heteroatoms. The lowest BCUT2D eigenvalue weighted by molar-refractivity contribution is -0.155. The molecule has 0 aliphatic heterocycles. The Balaban J connectivity index is 3.27. The van der Waals surface area contributed by atoms with E-state index in [-0.39, 0.29) is 23.6 Å². The van der Waals surface area contributed by atoms with Crippen molar-refractivity contribution in [1.82, 2.24) is 9.55 Å². The largest absolute Gasteiger partial charge is 0.463 e. The molecule has 1 aromatic heterocycles. The third kappa shape index (κ3) is 7.77. The van der Waals surface area contributed by atoms with Gasteiger partial charge in [0.15, 0.2) is 5.69 Å². The summed E-state index contributed by atoms with van der Waals surface area (Å²) in [5.74, 6) is -3.26. The monoisotopic (exact) mass is 645 g/mol. The summed E-state index contributed by atoms with van der Waals surface area (Å²) in [6.45, 7) is 4.17. The SMILES string of the molecule is CCOC(=O)C(OCC)N(c1cc(C(F)(F)F)cc(C(F)(F)F)c1Cl)c1nc(C(F)(F)F)c(Cl)c(=O)n1CC(C)C. The molecule has 0 radical (unpaired) electrons. The molecular weight excluding hydrogens is 624 g/mol. The Morgan fingerprint density at radius 3 is 1.98 bits per heavy atom. The van der Waals surface area contributed by atoms with Gasteiger partial charge in [-0.2, -0.15) is 39.5 Å². The van der Waals surface area contributed by atoms with Crippen LogP contribution in [0.4, 0.5) is 51.1 Å². The van der Waals surface area contributed by atoms with Crippen LogP contribution in [0.3, 0.4) is 0 Å². The van der Waals surface area contributed by atoms with Crippen LogP contribution in [-0.2, 0) is 39.3 Å². The third-order valence-electron chi connectivity index (χ3n) is 5.12. The fourth-order valence-electron chi connectivity index (χ4n) is 3.53. The first kappa shape index (κ1) is 34.5. The van der Waals surface area contributed by atoms with Crippen molar-refractivity contribution in [3.63, 3.8) is 0 Å². The van der Waals surface area contributed by atoms with Gasteiger partial charge in [-0.1, -0.05) is 37.0 Å². The van der Waals surface area contributed by atoms with Gasteiger partial charge in [-0.15, -0.1) is 0 Å². The smallest absolute Gasteiger partial charge is 0.435 e. The highest BCUT2D eigenvalue weighted by atomic mass is 35.5. The maximum Gasteiger partial charge on any atom is 0.435 e. The van der Waals surface area contributed by atoms with Crippen molar-refractivity contribution in [3.8, 4) is 0 Å². The number of alkyl halides is 9. The second-order valence-corrected chi connectivity index (χ2v) is 9.42. The molecule has 1 unspecified atom stereocenters. The van der Waals surface area contributed by atoms with Crippen LogP contribution in [0.15, 0.2) is 16.9 Å². The van der Waals surface area contributed by atoms with Gasteiger partial charge in [-0.05, 0) is 31.9 Å². The van der Waals surface area contributed by atoms with Gasteiger partial charge in [0.05, 0.1) is 28.4 Å². The van der Waals surface area contributed by atoms with Gasteiger partial charge in [-0.3, -0.25) is 14.3 Å². The summed E-state index contributed by atoms with van der Waals surface area (Å²) < 4.78 is 135. The zero-order valence-corrected chi connectivity index (χ0v) is 23.1. The highest BCUT2D eigenvalue weighted by molar-refractivity contribution is 6.34. The lowest BCUT2D eigenvalue weighted by atomic mass is 10.1. The fourth-order valence-corrected chi connectivity index (χ4v) is 4.09. The number of rotatable bonds is 9. The second-order valence-electron chi connectivity index (χ2n) is 8.66. The summed E-state index contributed by atoms with van der Waals surface area (Å²) >= 11 is 11.6. The molecule has 1 heterocycles. The maximum atomic E-state index is 13.9. The standard InChI is InChI=1S/C23H22Cl2F9N3O4/c1-5-40-18(19(39)41-6-2)37(13-8-11(21(26,27)28)7-12(14(13)24)22(29,30)31)20-35-16(23(32,33)34)15(25)17(38)36(20)9-10(3)4/h7-8,10,18H,5-6,9H2,1-4H3. The first-order valence-corrected chi connectivity index (χ1v) is 12.3. The first-order valence-electron chi connectivity index (χ1n) is 11.6. The van der Waals surface area contributed by atoms with Crippen molar-refractivity contribution >= 4 is 40.8 Å². The van der Waals surface area contributed by atoms with Crippen molar-refractivity contribution in [3.05, 3.63) is 49.4 Å². The number of hydrogen-bond donors (Lipinski definition) is 0. The van der Waals surface area contributed by atoms with Crippen LogP contribution in [0.1, 0.15) is 44.5 Å². The Bertz CT molecular complexity index is 1330. The molecule has 2 aromatic rings. The number of esters is 1. The van der Waals surface area contributed by atoms with Gasteiger partial charge in [-0.25, -0.2) is 9.78 Å². The van der Waals surface area contributed by atoms with Crippen molar-refractivity contribution in [2.75, 3.05) is 18.1 Å². The van der Waals surface area contributed by atoms with Crippen LogP contribution in [0, 0.1) is 5.92 Å². The predicted molar refractivity (Wildman–Crippen MR) is 129 cm³/mol. The van der Waals surface area contributed by atoms with E-state index >= 15 is 0 Å². The van der Waals surface area contributed by atoms with Crippen LogP contribution in [0.2, 0.25) is 10.0 Å². The fraction of sp³-hybridized carbons (Fsp3) is 0.522. The molecule has 7 nitrogen and oxygen atoms in total. The van der Waals surface area contributed by atoms with Crippen molar-refractivity contribution < 1.29 is 53.8 Å². The lowest BCUT2D eigenvalue weighted by Crippen LogP contribution is -2.45. The molecular formula is C23H22Cl2F9N3O4. The van der Waals surface area contributed by atoms with E-state index in [1.54, 1.807) is 0 Å². The molecule has 0 aliphatic carbocycles. The van der Waals surface area contributed by atoms with Crippen LogP contribution < -0.4 is 10.5 Å². The zero-order valence-electron chi connectivity index (χ0n) is 21.6. The van der Waals surface area contributed by atoms with E-state index in [0.29, 0.717) is 4.57 Å². The van der Waals surface area contributed by atoms with E-state index in [1.807, 2.05) is 0 Å². The van der Waals surface area contributed by atoms with Gasteiger partial charge in [0.2, 0.25) is 12.2 Å². The Morgan fingerprint density at radius 2 is 1.54 bits per heavy atom. The molecule has 41 heavy (non-hydrogen) atoms. The van der Waals surface area contributed by atoms with E-state index in [9.17, 15) is 49.1 Å². The molecule has 2 rings (SSSR count). The van der Waals surface area contributed by atoms with Crippen LogP contribution >= 0.6 is 23.2 Å². The summed E-state index contributed by atoms with van der Waals surface area (Å²) in [5.41, 5.74) is -8.87. The number of aromatic nitrogens is 2. The Kier molecular flexibility index (Phi) is 10.6. The quantitative estimate of drug-likeness (QED) is 0.162. The van der Waals surface area contributed by atoms with E-state index in [0.717, 1.165) is 0 Å². The minimum atomic E-state index is -5.51. The summed E-state index contributed by atoms with van der Waals surface area (Å²) in [4.78, 5) is 29.4. The average molecular weight is 646 g/mol. The number of anilines is 2. The van der Waals surface area contributed by atoms with Gasteiger partial charge < -0.3 is 9.47 Å². The normalized spacial score (nSPS) is 13.5. The van der Waals surface area contributed by atoms with Gasteiger partial charge in [0.1, 0.15) is 5.02 Å². The molecule has 0 saturated heterocycles. The highest BCUT2D eigenvalue weighted by Crippen LogP contribution is 2.46. The highest BCUT2D eigenvalue weighted by Gasteiger charge is 2.44. The number of halogens is 11.